The van der Waals surface area contributed by atoms with Crippen molar-refractivity contribution in [2.24, 2.45) is 0 Å². The van der Waals surface area contributed by atoms with Crippen molar-refractivity contribution in [1.82, 2.24) is 19.9 Å². The molecule has 5 aromatic rings. The van der Waals surface area contributed by atoms with E-state index in [9.17, 15) is 26.0 Å². The second kappa shape index (κ2) is 13.1. The maximum Gasteiger partial charge on any atom is 0.421 e. The summed E-state index contributed by atoms with van der Waals surface area (Å²) in [6, 6.07) is 17.9. The van der Waals surface area contributed by atoms with E-state index >= 15 is 0 Å². The molecule has 242 valence electrons. The number of thiazole rings is 1. The smallest absolute Gasteiger partial charge is 0.421 e. The highest BCUT2D eigenvalue weighted by atomic mass is 35.5. The first-order valence-electron chi connectivity index (χ1n) is 13.8. The van der Waals surface area contributed by atoms with Crippen molar-refractivity contribution in [3.8, 4) is 11.1 Å². The van der Waals surface area contributed by atoms with Crippen LogP contribution in [0.15, 0.2) is 71.1 Å². The van der Waals surface area contributed by atoms with Gasteiger partial charge in [0.05, 0.1) is 21.7 Å². The number of nitrogens with zero attached hydrogens (tertiary/aromatic N) is 3. The van der Waals surface area contributed by atoms with E-state index in [4.69, 9.17) is 20.8 Å². The second-order valence-electron chi connectivity index (χ2n) is 11.3. The van der Waals surface area contributed by atoms with Crippen molar-refractivity contribution in [2.75, 3.05) is 5.75 Å². The molecule has 1 unspecified atom stereocenters. The van der Waals surface area contributed by atoms with Crippen LogP contribution >= 0.6 is 22.9 Å². The highest BCUT2D eigenvalue weighted by Gasteiger charge is 2.37. The van der Waals surface area contributed by atoms with Crippen LogP contribution in [0.5, 0.6) is 0 Å². The molecule has 11 nitrogen and oxygen atoms in total. The minimum Gasteiger partial charge on any atom is -0.443 e. The predicted molar refractivity (Wildman–Crippen MR) is 172 cm³/mol. The molecule has 0 aliphatic rings. The molecule has 46 heavy (non-hydrogen) atoms. The number of amides is 1. The number of aryl methyl sites for hydroxylation is 1. The van der Waals surface area contributed by atoms with E-state index in [1.54, 1.807) is 75.4 Å². The Bertz CT molecular complexity index is 2090. The Labute approximate surface area is 273 Å². The minimum atomic E-state index is -4.15. The summed E-state index contributed by atoms with van der Waals surface area (Å²) in [6.45, 7) is 4.77. The molecule has 0 fully saturated rings. The fourth-order valence-corrected chi connectivity index (χ4v) is 8.64. The number of rotatable bonds is 10. The fraction of sp³-hybridized carbons (Fsp3) is 0.267. The summed E-state index contributed by atoms with van der Waals surface area (Å²) < 4.78 is 79.9. The Morgan fingerprint density at radius 3 is 2.46 bits per heavy atom. The van der Waals surface area contributed by atoms with Crippen LogP contribution in [0.1, 0.15) is 48.4 Å². The molecular weight excluding hydrogens is 679 g/mol. The lowest BCUT2D eigenvalue weighted by Gasteiger charge is -2.19. The summed E-state index contributed by atoms with van der Waals surface area (Å²) in [4.78, 5) is 16.5. The van der Waals surface area contributed by atoms with Crippen LogP contribution in [0.3, 0.4) is 0 Å². The summed E-state index contributed by atoms with van der Waals surface area (Å²) in [7, 11) is -8.22. The average molecular weight is 707 g/mol. The van der Waals surface area contributed by atoms with Crippen molar-refractivity contribution in [3.05, 3.63) is 99.9 Å². The molecule has 0 aliphatic heterocycles. The van der Waals surface area contributed by atoms with E-state index in [1.807, 2.05) is 4.72 Å². The third kappa shape index (κ3) is 8.46. The molecule has 0 bridgehead atoms. The number of ether oxygens (including phenoxy) is 1. The van der Waals surface area contributed by atoms with E-state index in [0.717, 1.165) is 11.3 Å². The predicted octanol–water partition coefficient (Wildman–Crippen LogP) is 6.24. The molecular formula is C30H28ClFN4O7S3. The number of halogens is 2. The van der Waals surface area contributed by atoms with E-state index in [1.165, 1.54) is 12.1 Å². The summed E-state index contributed by atoms with van der Waals surface area (Å²) in [5, 5.41) is 6.76. The van der Waals surface area contributed by atoms with Crippen molar-refractivity contribution in [1.29, 1.82) is 0 Å². The van der Waals surface area contributed by atoms with Crippen LogP contribution in [0.4, 0.5) is 9.18 Å². The van der Waals surface area contributed by atoms with Crippen LogP contribution in [0, 0.1) is 5.82 Å². The van der Waals surface area contributed by atoms with Crippen LogP contribution in [-0.4, -0.2) is 49.5 Å². The standard InChI is InChI=1S/C30H28ClFN4O7S3/c1-30(2,3)43-29(37)36-46(40,41)12-11-25-34-35-27(42-25)26(45(38,39)17-18-7-5-4-6-8-18)28-33-23-10-9-19(15-24(23)44-28)20-13-21(31)16-22(32)14-20/h4-10,13-16,26H,11-12,17H2,1-3H3,(H,36,37). The van der Waals surface area contributed by atoms with Crippen molar-refractivity contribution in [2.45, 2.75) is 43.8 Å². The van der Waals surface area contributed by atoms with Gasteiger partial charge in [0.25, 0.3) is 0 Å². The van der Waals surface area contributed by atoms with Gasteiger partial charge in [-0.3, -0.25) is 0 Å². The summed E-state index contributed by atoms with van der Waals surface area (Å²) in [6.07, 6.45) is -1.44. The third-order valence-corrected chi connectivity index (χ3v) is 10.9. The van der Waals surface area contributed by atoms with Crippen LogP contribution in [0.2, 0.25) is 5.02 Å². The lowest BCUT2D eigenvalue weighted by molar-refractivity contribution is 0.0570. The number of benzene rings is 3. The van der Waals surface area contributed by atoms with Gasteiger partial charge in [0, 0.05) is 11.4 Å². The van der Waals surface area contributed by atoms with Gasteiger partial charge in [-0.15, -0.1) is 21.5 Å². The number of hydrogen-bond donors (Lipinski definition) is 1. The maximum absolute atomic E-state index is 14.0. The monoisotopic (exact) mass is 706 g/mol. The molecule has 16 heteroatoms. The van der Waals surface area contributed by atoms with Gasteiger partial charge in [-0.2, -0.15) is 0 Å². The van der Waals surface area contributed by atoms with Crippen molar-refractivity contribution in [3.63, 3.8) is 0 Å². The normalized spacial score (nSPS) is 13.1. The number of carbonyl (C=O) groups is 1. The third-order valence-electron chi connectivity index (χ3n) is 6.32. The van der Waals surface area contributed by atoms with Gasteiger partial charge in [0.15, 0.2) is 15.1 Å². The first-order valence-corrected chi connectivity index (χ1v) is 18.3. The minimum absolute atomic E-state index is 0.148. The number of aromatic nitrogens is 3. The molecule has 0 saturated heterocycles. The molecule has 0 radical (unpaired) electrons. The Morgan fingerprint density at radius 2 is 1.76 bits per heavy atom. The molecule has 1 amide bonds. The quantitative estimate of drug-likeness (QED) is 0.176. The second-order valence-corrected chi connectivity index (χ2v) is 16.7. The van der Waals surface area contributed by atoms with E-state index in [2.05, 4.69) is 15.2 Å². The summed E-state index contributed by atoms with van der Waals surface area (Å²) >= 11 is 7.14. The molecule has 5 rings (SSSR count). The number of carbonyl (C=O) groups excluding carboxylic acids is 1. The van der Waals surface area contributed by atoms with Gasteiger partial charge in [0.1, 0.15) is 16.4 Å². The van der Waals surface area contributed by atoms with Crippen LogP contribution in [0.25, 0.3) is 21.3 Å². The molecule has 0 saturated carbocycles. The highest BCUT2D eigenvalue weighted by molar-refractivity contribution is 7.91. The van der Waals surface area contributed by atoms with Gasteiger partial charge in [-0.1, -0.05) is 48.0 Å². The maximum atomic E-state index is 14.0. The van der Waals surface area contributed by atoms with Crippen molar-refractivity contribution >= 4 is 59.1 Å². The SMILES string of the molecule is CC(C)(C)OC(=O)NS(=O)(=O)CCc1nnc(C(c2nc3ccc(-c4cc(F)cc(Cl)c4)cc3s2)S(=O)(=O)Cc2ccccc2)o1. The van der Waals surface area contributed by atoms with Gasteiger partial charge in [-0.25, -0.2) is 35.7 Å². The van der Waals surface area contributed by atoms with Gasteiger partial charge in [0.2, 0.25) is 21.8 Å². The Balaban J connectivity index is 1.46. The number of fused-ring (bicyclic) bond motifs is 1. The zero-order valence-corrected chi connectivity index (χ0v) is 27.9. The average Bonchev–Trinajstić information content (AvgIpc) is 3.57. The first-order chi connectivity index (χ1) is 21.6. The zero-order valence-electron chi connectivity index (χ0n) is 24.7. The number of nitrogens with one attached hydrogen (secondary N) is 1. The Morgan fingerprint density at radius 1 is 1.02 bits per heavy atom. The highest BCUT2D eigenvalue weighted by Crippen LogP contribution is 2.38. The van der Waals surface area contributed by atoms with Gasteiger partial charge >= 0.3 is 6.09 Å². The molecule has 1 N–H and O–H groups in total. The number of sulfonamides is 1. The Hall–Kier alpha value is -3.92. The summed E-state index contributed by atoms with van der Waals surface area (Å²) in [5.74, 6) is -1.92. The van der Waals surface area contributed by atoms with E-state index in [0.29, 0.717) is 26.9 Å². The van der Waals surface area contributed by atoms with E-state index < -0.39 is 48.4 Å². The van der Waals surface area contributed by atoms with Gasteiger partial charge < -0.3 is 9.15 Å². The lowest BCUT2D eigenvalue weighted by atomic mass is 10.1. The topological polar surface area (TPSA) is 158 Å². The summed E-state index contributed by atoms with van der Waals surface area (Å²) in [5.41, 5.74) is 1.29. The number of sulfone groups is 1. The molecule has 2 aromatic heterocycles. The van der Waals surface area contributed by atoms with Crippen LogP contribution in [-0.2, 0) is 36.8 Å². The molecule has 1 atom stereocenters. The zero-order chi connectivity index (χ0) is 33.3. The van der Waals surface area contributed by atoms with Crippen molar-refractivity contribution < 1.29 is 35.2 Å². The first kappa shape index (κ1) is 33.4. The molecule has 0 aliphatic carbocycles. The molecule has 2 heterocycles. The largest absolute Gasteiger partial charge is 0.443 e. The van der Waals surface area contributed by atoms with Gasteiger partial charge in [-0.05, 0) is 67.8 Å². The Kier molecular flexibility index (Phi) is 9.50. The molecule has 0 spiro atoms. The number of hydrogen-bond acceptors (Lipinski definition) is 11. The lowest BCUT2D eigenvalue weighted by Crippen LogP contribution is -2.37. The van der Waals surface area contributed by atoms with Crippen LogP contribution < -0.4 is 4.72 Å². The molecule has 3 aromatic carbocycles. The van der Waals surface area contributed by atoms with E-state index in [-0.39, 0.29) is 34.0 Å². The fourth-order valence-electron chi connectivity index (χ4n) is 4.43.